The van der Waals surface area contributed by atoms with Crippen LogP contribution in [0.2, 0.25) is 0 Å². The second-order valence-corrected chi connectivity index (χ2v) is 5.97. The van der Waals surface area contributed by atoms with Crippen molar-refractivity contribution < 1.29 is 4.79 Å². The van der Waals surface area contributed by atoms with Crippen LogP contribution in [0.5, 0.6) is 0 Å². The highest BCUT2D eigenvalue weighted by molar-refractivity contribution is 8.00. The predicted molar refractivity (Wildman–Crippen MR) is 89.8 cm³/mol. The molecular weight excluding hydrogens is 294 g/mol. The minimum absolute atomic E-state index is 0.0738. The third-order valence-corrected chi connectivity index (χ3v) is 4.48. The van der Waals surface area contributed by atoms with Gasteiger partial charge in [0, 0.05) is 18.5 Å². The Bertz CT molecular complexity index is 732. The first-order chi connectivity index (χ1) is 10.6. The highest BCUT2D eigenvalue weighted by Crippen LogP contribution is 2.25. The number of aryl methyl sites for hydroxylation is 1. The summed E-state index contributed by atoms with van der Waals surface area (Å²) in [6.45, 7) is 7.33. The number of thioether (sulfide) groups is 1. The van der Waals surface area contributed by atoms with E-state index in [0.29, 0.717) is 29.4 Å². The van der Waals surface area contributed by atoms with E-state index >= 15 is 0 Å². The molecule has 1 heterocycles. The Balaban J connectivity index is 2.25. The van der Waals surface area contributed by atoms with Gasteiger partial charge in [-0.25, -0.2) is 4.98 Å². The van der Waals surface area contributed by atoms with Gasteiger partial charge in [-0.1, -0.05) is 23.4 Å². The molecular formula is C17H19N3OS. The van der Waals surface area contributed by atoms with Crippen LogP contribution in [0.25, 0.3) is 10.9 Å². The molecule has 5 heteroatoms. The van der Waals surface area contributed by atoms with Crippen LogP contribution >= 0.6 is 11.8 Å². The molecule has 0 radical (unpaired) electrons. The lowest BCUT2D eigenvalue weighted by Gasteiger charge is -2.18. The summed E-state index contributed by atoms with van der Waals surface area (Å²) >= 11 is 1.33. The molecule has 0 atom stereocenters. The Morgan fingerprint density at radius 2 is 2.05 bits per heavy atom. The number of rotatable bonds is 5. The second-order valence-electron chi connectivity index (χ2n) is 5.00. The molecule has 0 aliphatic heterocycles. The van der Waals surface area contributed by atoms with Crippen LogP contribution < -0.4 is 0 Å². The average Bonchev–Trinajstić information content (AvgIpc) is 2.53. The molecule has 22 heavy (non-hydrogen) atoms. The van der Waals surface area contributed by atoms with Gasteiger partial charge in [0.25, 0.3) is 0 Å². The molecule has 2 rings (SSSR count). The highest BCUT2D eigenvalue weighted by Gasteiger charge is 2.13. The van der Waals surface area contributed by atoms with E-state index in [1.165, 1.54) is 11.8 Å². The van der Waals surface area contributed by atoms with Gasteiger partial charge in [0.1, 0.15) is 11.1 Å². The van der Waals surface area contributed by atoms with Crippen molar-refractivity contribution in [2.24, 2.45) is 0 Å². The minimum atomic E-state index is 0.0738. The van der Waals surface area contributed by atoms with Crippen LogP contribution in [-0.4, -0.2) is 34.6 Å². The number of hydrogen-bond acceptors (Lipinski definition) is 4. The maximum Gasteiger partial charge on any atom is 0.232 e. The van der Waals surface area contributed by atoms with Crippen molar-refractivity contribution in [3.8, 4) is 6.07 Å². The maximum atomic E-state index is 12.1. The summed E-state index contributed by atoms with van der Waals surface area (Å²) in [5.74, 6) is 0.380. The largest absolute Gasteiger partial charge is 0.343 e. The highest BCUT2D eigenvalue weighted by atomic mass is 32.2. The lowest BCUT2D eigenvalue weighted by Crippen LogP contribution is -2.31. The first-order valence-electron chi connectivity index (χ1n) is 7.31. The lowest BCUT2D eigenvalue weighted by molar-refractivity contribution is -0.127. The second kappa shape index (κ2) is 7.28. The zero-order valence-electron chi connectivity index (χ0n) is 13.1. The van der Waals surface area contributed by atoms with E-state index < -0.39 is 0 Å². The normalized spacial score (nSPS) is 10.5. The van der Waals surface area contributed by atoms with E-state index in [2.05, 4.69) is 11.1 Å². The lowest BCUT2D eigenvalue weighted by atomic mass is 10.1. The van der Waals surface area contributed by atoms with Crippen LogP contribution in [0.3, 0.4) is 0 Å². The van der Waals surface area contributed by atoms with Gasteiger partial charge in [0.05, 0.1) is 16.8 Å². The molecule has 1 aromatic heterocycles. The molecule has 0 aliphatic rings. The number of benzene rings is 1. The van der Waals surface area contributed by atoms with E-state index in [9.17, 15) is 10.1 Å². The molecule has 1 aromatic carbocycles. The van der Waals surface area contributed by atoms with Gasteiger partial charge in [0.2, 0.25) is 5.91 Å². The summed E-state index contributed by atoms with van der Waals surface area (Å²) in [7, 11) is 0. The Morgan fingerprint density at radius 1 is 1.32 bits per heavy atom. The standard InChI is InChI=1S/C17H19N3OS/c1-4-20(5-2)16(21)11-22-17-14(10-18)9-13-8-12(3)6-7-15(13)19-17/h6-9H,4-5,11H2,1-3H3. The molecule has 114 valence electrons. The topological polar surface area (TPSA) is 57.0 Å². The molecule has 2 aromatic rings. The number of pyridine rings is 1. The van der Waals surface area contributed by atoms with Crippen LogP contribution in [0.1, 0.15) is 25.0 Å². The third kappa shape index (κ3) is 3.58. The monoisotopic (exact) mass is 313 g/mol. The fourth-order valence-electron chi connectivity index (χ4n) is 2.27. The molecule has 0 bridgehead atoms. The van der Waals surface area contributed by atoms with Crippen molar-refractivity contribution in [3.05, 3.63) is 35.4 Å². The van der Waals surface area contributed by atoms with Crippen molar-refractivity contribution in [2.75, 3.05) is 18.8 Å². The van der Waals surface area contributed by atoms with Crippen LogP contribution in [0.4, 0.5) is 0 Å². The minimum Gasteiger partial charge on any atom is -0.343 e. The number of carbonyl (C=O) groups excluding carboxylic acids is 1. The predicted octanol–water partition coefficient (Wildman–Crippen LogP) is 3.38. The summed E-state index contributed by atoms with van der Waals surface area (Å²) in [5, 5.41) is 10.9. The van der Waals surface area contributed by atoms with Crippen LogP contribution in [0, 0.1) is 18.3 Å². The quantitative estimate of drug-likeness (QED) is 0.794. The fourth-order valence-corrected chi connectivity index (χ4v) is 3.13. The zero-order chi connectivity index (χ0) is 16.1. The Kier molecular flexibility index (Phi) is 5.40. The summed E-state index contributed by atoms with van der Waals surface area (Å²) in [6, 6.07) is 9.98. The fraction of sp³-hybridized carbons (Fsp3) is 0.353. The summed E-state index contributed by atoms with van der Waals surface area (Å²) in [4.78, 5) is 18.4. The number of carbonyl (C=O) groups is 1. The Labute approximate surface area is 135 Å². The van der Waals surface area contributed by atoms with Crippen molar-refractivity contribution in [1.82, 2.24) is 9.88 Å². The van der Waals surface area contributed by atoms with E-state index in [1.54, 1.807) is 4.90 Å². The maximum absolute atomic E-state index is 12.1. The van der Waals surface area contributed by atoms with Gasteiger partial charge in [-0.2, -0.15) is 5.26 Å². The number of fused-ring (bicyclic) bond motifs is 1. The van der Waals surface area contributed by atoms with E-state index in [-0.39, 0.29) is 5.91 Å². The molecule has 0 unspecified atom stereocenters. The first kappa shape index (κ1) is 16.3. The molecule has 1 amide bonds. The van der Waals surface area contributed by atoms with Crippen molar-refractivity contribution in [2.45, 2.75) is 25.8 Å². The van der Waals surface area contributed by atoms with E-state index in [0.717, 1.165) is 16.5 Å². The average molecular weight is 313 g/mol. The molecule has 0 saturated heterocycles. The van der Waals surface area contributed by atoms with Crippen molar-refractivity contribution >= 4 is 28.6 Å². The number of nitrogens with zero attached hydrogens (tertiary/aromatic N) is 3. The summed E-state index contributed by atoms with van der Waals surface area (Å²) in [6.07, 6.45) is 0. The number of amides is 1. The van der Waals surface area contributed by atoms with Crippen molar-refractivity contribution in [3.63, 3.8) is 0 Å². The van der Waals surface area contributed by atoms with Gasteiger partial charge in [0.15, 0.2) is 0 Å². The smallest absolute Gasteiger partial charge is 0.232 e. The molecule has 0 spiro atoms. The molecule has 0 fully saturated rings. The van der Waals surface area contributed by atoms with Crippen LogP contribution in [-0.2, 0) is 4.79 Å². The molecule has 0 N–H and O–H groups in total. The van der Waals surface area contributed by atoms with Crippen molar-refractivity contribution in [1.29, 1.82) is 5.26 Å². The molecule has 0 aliphatic carbocycles. The van der Waals surface area contributed by atoms with Gasteiger partial charge in [-0.15, -0.1) is 0 Å². The van der Waals surface area contributed by atoms with Gasteiger partial charge >= 0.3 is 0 Å². The van der Waals surface area contributed by atoms with Gasteiger partial charge < -0.3 is 4.90 Å². The molecule has 0 saturated carbocycles. The number of hydrogen-bond donors (Lipinski definition) is 0. The van der Waals surface area contributed by atoms with E-state index in [4.69, 9.17) is 0 Å². The SMILES string of the molecule is CCN(CC)C(=O)CSc1nc2ccc(C)cc2cc1C#N. The molecule has 4 nitrogen and oxygen atoms in total. The van der Waals surface area contributed by atoms with Gasteiger partial charge in [-0.05, 0) is 39.0 Å². The van der Waals surface area contributed by atoms with Gasteiger partial charge in [-0.3, -0.25) is 4.79 Å². The van der Waals surface area contributed by atoms with E-state index in [1.807, 2.05) is 45.0 Å². The Morgan fingerprint density at radius 3 is 2.68 bits per heavy atom. The first-order valence-corrected chi connectivity index (χ1v) is 8.29. The Hall–Kier alpha value is -2.06. The third-order valence-electron chi connectivity index (χ3n) is 3.50. The summed E-state index contributed by atoms with van der Waals surface area (Å²) in [5.41, 5.74) is 2.51. The van der Waals surface area contributed by atoms with Crippen LogP contribution in [0.15, 0.2) is 29.3 Å². The number of nitriles is 1. The number of aromatic nitrogens is 1. The zero-order valence-corrected chi connectivity index (χ0v) is 13.9. The summed E-state index contributed by atoms with van der Waals surface area (Å²) < 4.78 is 0.